The van der Waals surface area contributed by atoms with Crippen LogP contribution in [0.2, 0.25) is 0 Å². The number of thiol groups is 1. The van der Waals surface area contributed by atoms with Crippen LogP contribution in [-0.2, 0) is 4.79 Å². The Bertz CT molecular complexity index is 82.1. The molecule has 0 amide bonds. The molecule has 0 rings (SSSR count). The van der Waals surface area contributed by atoms with Gasteiger partial charge in [-0.1, -0.05) is 0 Å². The van der Waals surface area contributed by atoms with Gasteiger partial charge in [0, 0.05) is 5.75 Å². The number of aliphatic carboxylic acids is 1. The van der Waals surface area contributed by atoms with Gasteiger partial charge in [0.25, 0.3) is 0 Å². The minimum absolute atomic E-state index is 0.325. The van der Waals surface area contributed by atoms with E-state index in [4.69, 9.17) is 5.11 Å². The van der Waals surface area contributed by atoms with Crippen LogP contribution in [-0.4, -0.2) is 29.9 Å². The molecule has 0 fully saturated rings. The molecule has 3 nitrogen and oxygen atoms in total. The smallest absolute Gasteiger partial charge is 0.321 e. The zero-order chi connectivity index (χ0) is 6.57. The van der Waals surface area contributed by atoms with E-state index >= 15 is 0 Å². The number of carboxylic acid groups (broad SMARTS) is 1. The highest BCUT2D eigenvalue weighted by molar-refractivity contribution is 7.80. The van der Waals surface area contributed by atoms with E-state index in [1.807, 2.05) is 0 Å². The van der Waals surface area contributed by atoms with Gasteiger partial charge in [-0.2, -0.15) is 12.6 Å². The van der Waals surface area contributed by atoms with Crippen LogP contribution < -0.4 is 5.32 Å². The minimum Gasteiger partial charge on any atom is -0.480 e. The third kappa shape index (κ3) is 2.18. The van der Waals surface area contributed by atoms with Crippen molar-refractivity contribution in [2.24, 2.45) is 0 Å². The summed E-state index contributed by atoms with van der Waals surface area (Å²) in [6.07, 6.45) is 0. The first-order valence-corrected chi connectivity index (χ1v) is 2.86. The zero-order valence-electron chi connectivity index (χ0n) is 4.59. The Morgan fingerprint density at radius 3 is 2.50 bits per heavy atom. The number of rotatable bonds is 3. The van der Waals surface area contributed by atoms with E-state index in [0.717, 1.165) is 0 Å². The molecule has 0 aliphatic heterocycles. The van der Waals surface area contributed by atoms with Crippen LogP contribution in [0, 0.1) is 0 Å². The maximum Gasteiger partial charge on any atom is 0.321 e. The molecule has 0 aromatic carbocycles. The number of carbonyl (C=O) groups is 1. The average molecular weight is 135 g/mol. The molecule has 0 saturated carbocycles. The van der Waals surface area contributed by atoms with Gasteiger partial charge in [0.2, 0.25) is 0 Å². The van der Waals surface area contributed by atoms with Crippen LogP contribution in [0.15, 0.2) is 0 Å². The van der Waals surface area contributed by atoms with Crippen molar-refractivity contribution in [2.45, 2.75) is 6.04 Å². The Labute approximate surface area is 53.5 Å². The lowest BCUT2D eigenvalue weighted by molar-refractivity contribution is -0.138. The maximum atomic E-state index is 10.1. The number of carboxylic acids is 1. The first-order valence-electron chi connectivity index (χ1n) is 2.23. The quantitative estimate of drug-likeness (QED) is 0.461. The molecule has 8 heavy (non-hydrogen) atoms. The van der Waals surface area contributed by atoms with Crippen molar-refractivity contribution in [2.75, 3.05) is 12.8 Å². The molecule has 0 radical (unpaired) electrons. The van der Waals surface area contributed by atoms with E-state index in [2.05, 4.69) is 17.9 Å². The van der Waals surface area contributed by atoms with Gasteiger partial charge in [0.15, 0.2) is 0 Å². The van der Waals surface area contributed by atoms with Crippen LogP contribution >= 0.6 is 12.6 Å². The monoisotopic (exact) mass is 135 g/mol. The molecule has 0 heterocycles. The lowest BCUT2D eigenvalue weighted by Crippen LogP contribution is -2.35. The van der Waals surface area contributed by atoms with Crippen molar-refractivity contribution in [1.29, 1.82) is 0 Å². The van der Waals surface area contributed by atoms with E-state index in [-0.39, 0.29) is 0 Å². The third-order valence-electron chi connectivity index (χ3n) is 0.829. The topological polar surface area (TPSA) is 49.3 Å². The summed E-state index contributed by atoms with van der Waals surface area (Å²) in [6, 6.07) is -0.515. The fourth-order valence-electron chi connectivity index (χ4n) is 0.293. The van der Waals surface area contributed by atoms with E-state index in [1.54, 1.807) is 7.05 Å². The fraction of sp³-hybridized carbons (Fsp3) is 0.750. The molecule has 0 aliphatic carbocycles. The number of hydrogen-bond donors (Lipinski definition) is 3. The van der Waals surface area contributed by atoms with E-state index in [9.17, 15) is 4.79 Å². The second-order valence-electron chi connectivity index (χ2n) is 1.36. The van der Waals surface area contributed by atoms with E-state index in [1.165, 1.54) is 0 Å². The van der Waals surface area contributed by atoms with Crippen molar-refractivity contribution in [3.8, 4) is 0 Å². The van der Waals surface area contributed by atoms with Gasteiger partial charge in [0.05, 0.1) is 0 Å². The minimum atomic E-state index is -0.859. The van der Waals surface area contributed by atoms with Crippen molar-refractivity contribution in [3.05, 3.63) is 0 Å². The lowest BCUT2D eigenvalue weighted by atomic mass is 10.3. The average Bonchev–Trinajstić information content (AvgIpc) is 1.69. The summed E-state index contributed by atoms with van der Waals surface area (Å²) in [4.78, 5) is 10.1. The molecule has 4 heteroatoms. The highest BCUT2D eigenvalue weighted by atomic mass is 32.1. The molecule has 0 aliphatic rings. The second kappa shape index (κ2) is 3.74. The number of likely N-dealkylation sites (N-methyl/N-ethyl adjacent to an activating group) is 1. The zero-order valence-corrected chi connectivity index (χ0v) is 5.48. The lowest BCUT2D eigenvalue weighted by Gasteiger charge is -2.04. The highest BCUT2D eigenvalue weighted by Gasteiger charge is 2.10. The molecule has 0 aromatic rings. The van der Waals surface area contributed by atoms with Crippen LogP contribution in [0.3, 0.4) is 0 Å². The molecule has 0 spiro atoms. The molecule has 1 atom stereocenters. The summed E-state index contributed by atoms with van der Waals surface area (Å²) in [6.45, 7) is 0. The largest absolute Gasteiger partial charge is 0.480 e. The molecule has 0 bridgehead atoms. The Hall–Kier alpha value is -0.220. The van der Waals surface area contributed by atoms with Gasteiger partial charge in [-0.3, -0.25) is 4.79 Å². The maximum absolute atomic E-state index is 10.1. The molecule has 0 unspecified atom stereocenters. The summed E-state index contributed by atoms with van der Waals surface area (Å²) >= 11 is 3.79. The van der Waals surface area contributed by atoms with Gasteiger partial charge >= 0.3 is 5.97 Å². The molecular formula is C4H9NO2S. The van der Waals surface area contributed by atoms with Gasteiger partial charge in [0.1, 0.15) is 6.04 Å². The van der Waals surface area contributed by atoms with Crippen LogP contribution in [0.25, 0.3) is 0 Å². The molecule has 2 N–H and O–H groups in total. The number of nitrogens with one attached hydrogen (secondary N) is 1. The summed E-state index contributed by atoms with van der Waals surface area (Å²) in [5, 5.41) is 10.8. The van der Waals surface area contributed by atoms with E-state index in [0.29, 0.717) is 5.75 Å². The Kier molecular flexibility index (Phi) is 3.64. The van der Waals surface area contributed by atoms with Gasteiger partial charge in [-0.25, -0.2) is 0 Å². The Morgan fingerprint density at radius 1 is 2.00 bits per heavy atom. The summed E-state index contributed by atoms with van der Waals surface area (Å²) in [5.41, 5.74) is 0. The van der Waals surface area contributed by atoms with E-state index < -0.39 is 12.0 Å². The van der Waals surface area contributed by atoms with Crippen molar-refractivity contribution >= 4 is 18.6 Å². The van der Waals surface area contributed by atoms with Crippen LogP contribution in [0.1, 0.15) is 0 Å². The normalized spacial score (nSPS) is 13.2. The molecule has 0 aromatic heterocycles. The fourth-order valence-corrected chi connectivity index (χ4v) is 0.632. The molecule has 48 valence electrons. The van der Waals surface area contributed by atoms with Crippen molar-refractivity contribution < 1.29 is 9.90 Å². The first-order chi connectivity index (χ1) is 3.72. The van der Waals surface area contributed by atoms with Crippen LogP contribution in [0.5, 0.6) is 0 Å². The standard InChI is InChI=1S/C4H9NO2S/c1-5-3(2-8)4(6)7/h3,5,8H,2H2,1H3,(H,6,7)/t3-/m0/s1. The number of hydrogen-bond acceptors (Lipinski definition) is 3. The predicted octanol–water partition coefficient (Wildman–Crippen LogP) is -0.411. The first kappa shape index (κ1) is 7.78. The van der Waals surface area contributed by atoms with Crippen LogP contribution in [0.4, 0.5) is 0 Å². The second-order valence-corrected chi connectivity index (χ2v) is 1.73. The van der Waals surface area contributed by atoms with Crippen molar-refractivity contribution in [3.63, 3.8) is 0 Å². The molecular weight excluding hydrogens is 126 g/mol. The third-order valence-corrected chi connectivity index (χ3v) is 1.19. The van der Waals surface area contributed by atoms with Gasteiger partial charge in [-0.15, -0.1) is 0 Å². The summed E-state index contributed by atoms with van der Waals surface area (Å²) < 4.78 is 0. The van der Waals surface area contributed by atoms with Gasteiger partial charge < -0.3 is 10.4 Å². The SMILES string of the molecule is CN[C@@H](CS)C(=O)O. The summed E-state index contributed by atoms with van der Waals surface area (Å²) in [7, 11) is 1.59. The van der Waals surface area contributed by atoms with Crippen molar-refractivity contribution in [1.82, 2.24) is 5.32 Å². The summed E-state index contributed by atoms with van der Waals surface area (Å²) in [5.74, 6) is -0.534. The predicted molar refractivity (Wildman–Crippen MR) is 34.3 cm³/mol. The van der Waals surface area contributed by atoms with Gasteiger partial charge in [-0.05, 0) is 7.05 Å². The Balaban J connectivity index is 3.52. The molecule has 0 saturated heterocycles. The Morgan fingerprint density at radius 2 is 2.50 bits per heavy atom. The highest BCUT2D eigenvalue weighted by Crippen LogP contribution is 1.84.